The third-order valence-electron chi connectivity index (χ3n) is 3.72. The van der Waals surface area contributed by atoms with Gasteiger partial charge in [0.15, 0.2) is 0 Å². The molecule has 0 saturated carbocycles. The number of hydrogen-bond acceptors (Lipinski definition) is 2. The molecule has 3 nitrogen and oxygen atoms in total. The van der Waals surface area contributed by atoms with Crippen molar-refractivity contribution in [3.05, 3.63) is 64.1 Å². The molecule has 0 saturated heterocycles. The highest BCUT2D eigenvalue weighted by Gasteiger charge is 2.21. The molecule has 0 aliphatic heterocycles. The standard InChI is InChI=1S/C18H20BrNO2/c1-4-20(18(21)15-8-5-9-16(19)11-15)13(2)14-7-6-10-17(12-14)22-3/h5-13H,4H2,1-3H3. The quantitative estimate of drug-likeness (QED) is 0.773. The average molecular weight is 362 g/mol. The molecule has 1 amide bonds. The third-order valence-corrected chi connectivity index (χ3v) is 4.21. The van der Waals surface area contributed by atoms with Gasteiger partial charge in [0, 0.05) is 16.6 Å². The van der Waals surface area contributed by atoms with Gasteiger partial charge >= 0.3 is 0 Å². The molecular weight excluding hydrogens is 342 g/mol. The van der Waals surface area contributed by atoms with E-state index in [0.717, 1.165) is 15.8 Å². The van der Waals surface area contributed by atoms with E-state index in [0.29, 0.717) is 12.1 Å². The van der Waals surface area contributed by atoms with Crippen LogP contribution in [0.1, 0.15) is 35.8 Å². The Hall–Kier alpha value is -1.81. The second kappa shape index (κ2) is 7.45. The molecule has 2 rings (SSSR count). The van der Waals surface area contributed by atoms with Crippen LogP contribution in [0.4, 0.5) is 0 Å². The number of rotatable bonds is 5. The highest BCUT2D eigenvalue weighted by molar-refractivity contribution is 9.10. The molecule has 0 heterocycles. The number of hydrogen-bond donors (Lipinski definition) is 0. The van der Waals surface area contributed by atoms with Crippen LogP contribution in [-0.4, -0.2) is 24.5 Å². The van der Waals surface area contributed by atoms with E-state index in [-0.39, 0.29) is 11.9 Å². The lowest BCUT2D eigenvalue weighted by Gasteiger charge is -2.29. The summed E-state index contributed by atoms with van der Waals surface area (Å²) < 4.78 is 6.18. The highest BCUT2D eigenvalue weighted by Crippen LogP contribution is 2.25. The maximum Gasteiger partial charge on any atom is 0.254 e. The predicted octanol–water partition coefficient (Wildman–Crippen LogP) is 4.68. The maximum absolute atomic E-state index is 12.8. The second-order valence-corrected chi connectivity index (χ2v) is 5.97. The predicted molar refractivity (Wildman–Crippen MR) is 92.3 cm³/mol. The summed E-state index contributed by atoms with van der Waals surface area (Å²) in [5.41, 5.74) is 1.75. The van der Waals surface area contributed by atoms with E-state index >= 15 is 0 Å². The molecule has 0 radical (unpaired) electrons. The molecule has 2 aromatic rings. The van der Waals surface area contributed by atoms with Gasteiger partial charge in [0.05, 0.1) is 13.2 Å². The molecule has 2 aromatic carbocycles. The van der Waals surface area contributed by atoms with Gasteiger partial charge in [-0.2, -0.15) is 0 Å². The fourth-order valence-corrected chi connectivity index (χ4v) is 2.86. The van der Waals surface area contributed by atoms with Crippen molar-refractivity contribution in [2.75, 3.05) is 13.7 Å². The van der Waals surface area contributed by atoms with Gasteiger partial charge in [-0.3, -0.25) is 4.79 Å². The fourth-order valence-electron chi connectivity index (χ4n) is 2.46. The molecule has 0 bridgehead atoms. The minimum absolute atomic E-state index is 0.0217. The van der Waals surface area contributed by atoms with Crippen LogP contribution in [0.2, 0.25) is 0 Å². The molecule has 1 atom stereocenters. The van der Waals surface area contributed by atoms with Crippen molar-refractivity contribution in [1.82, 2.24) is 4.90 Å². The molecular formula is C18H20BrNO2. The van der Waals surface area contributed by atoms with Crippen LogP contribution in [0.3, 0.4) is 0 Å². The summed E-state index contributed by atoms with van der Waals surface area (Å²) in [4.78, 5) is 14.6. The Balaban J connectivity index is 2.28. The van der Waals surface area contributed by atoms with Crippen LogP contribution >= 0.6 is 15.9 Å². The van der Waals surface area contributed by atoms with Crippen molar-refractivity contribution in [3.63, 3.8) is 0 Å². The number of halogens is 1. The lowest BCUT2D eigenvalue weighted by Crippen LogP contribution is -2.33. The summed E-state index contributed by atoms with van der Waals surface area (Å²) >= 11 is 3.42. The van der Waals surface area contributed by atoms with Crippen molar-refractivity contribution in [3.8, 4) is 5.75 Å². The van der Waals surface area contributed by atoms with Crippen LogP contribution in [0.15, 0.2) is 53.0 Å². The summed E-state index contributed by atoms with van der Waals surface area (Å²) in [5, 5.41) is 0. The lowest BCUT2D eigenvalue weighted by molar-refractivity contribution is 0.0702. The molecule has 4 heteroatoms. The Bertz CT molecular complexity index is 657. The SMILES string of the molecule is CCN(C(=O)c1cccc(Br)c1)C(C)c1cccc(OC)c1. The average Bonchev–Trinajstić information content (AvgIpc) is 2.55. The topological polar surface area (TPSA) is 29.5 Å². The summed E-state index contributed by atoms with van der Waals surface area (Å²) in [6, 6.07) is 15.3. The first-order valence-corrected chi connectivity index (χ1v) is 8.06. The Morgan fingerprint density at radius 1 is 1.23 bits per heavy atom. The van der Waals surface area contributed by atoms with Crippen LogP contribution in [0.25, 0.3) is 0 Å². The molecule has 0 N–H and O–H groups in total. The summed E-state index contributed by atoms with van der Waals surface area (Å²) in [6.45, 7) is 4.67. The van der Waals surface area contributed by atoms with Crippen molar-refractivity contribution in [2.24, 2.45) is 0 Å². The highest BCUT2D eigenvalue weighted by atomic mass is 79.9. The number of amides is 1. The number of carbonyl (C=O) groups excluding carboxylic acids is 1. The Morgan fingerprint density at radius 2 is 1.95 bits per heavy atom. The molecule has 0 spiro atoms. The maximum atomic E-state index is 12.8. The van der Waals surface area contributed by atoms with Gasteiger partial charge < -0.3 is 9.64 Å². The smallest absolute Gasteiger partial charge is 0.254 e. The van der Waals surface area contributed by atoms with Gasteiger partial charge in [0.2, 0.25) is 0 Å². The van der Waals surface area contributed by atoms with Crippen LogP contribution in [0.5, 0.6) is 5.75 Å². The minimum Gasteiger partial charge on any atom is -0.497 e. The lowest BCUT2D eigenvalue weighted by atomic mass is 10.1. The van der Waals surface area contributed by atoms with E-state index in [4.69, 9.17) is 4.74 Å². The van der Waals surface area contributed by atoms with Crippen LogP contribution in [-0.2, 0) is 0 Å². The van der Waals surface area contributed by atoms with Crippen LogP contribution in [0, 0.1) is 0 Å². The summed E-state index contributed by atoms with van der Waals surface area (Å²) in [7, 11) is 1.65. The van der Waals surface area contributed by atoms with Crippen molar-refractivity contribution in [2.45, 2.75) is 19.9 Å². The Morgan fingerprint density at radius 3 is 2.59 bits per heavy atom. The Kier molecular flexibility index (Phi) is 5.61. The Labute approximate surface area is 140 Å². The molecule has 0 aliphatic carbocycles. The van der Waals surface area contributed by atoms with Gasteiger partial charge in [-0.25, -0.2) is 0 Å². The van der Waals surface area contributed by atoms with E-state index in [1.165, 1.54) is 0 Å². The van der Waals surface area contributed by atoms with Gasteiger partial charge in [-0.05, 0) is 49.7 Å². The zero-order valence-corrected chi connectivity index (χ0v) is 14.6. The number of carbonyl (C=O) groups is 1. The zero-order chi connectivity index (χ0) is 16.1. The molecule has 116 valence electrons. The van der Waals surface area contributed by atoms with Crippen LogP contribution < -0.4 is 4.74 Å². The van der Waals surface area contributed by atoms with E-state index in [1.54, 1.807) is 7.11 Å². The third kappa shape index (κ3) is 3.69. The fraction of sp³-hybridized carbons (Fsp3) is 0.278. The van der Waals surface area contributed by atoms with Crippen molar-refractivity contribution < 1.29 is 9.53 Å². The first kappa shape index (κ1) is 16.6. The van der Waals surface area contributed by atoms with E-state index in [2.05, 4.69) is 15.9 Å². The summed E-state index contributed by atoms with van der Waals surface area (Å²) in [5.74, 6) is 0.828. The van der Waals surface area contributed by atoms with E-state index in [9.17, 15) is 4.79 Å². The number of nitrogens with zero attached hydrogens (tertiary/aromatic N) is 1. The normalized spacial score (nSPS) is 11.8. The van der Waals surface area contributed by atoms with Crippen molar-refractivity contribution >= 4 is 21.8 Å². The molecule has 0 fully saturated rings. The zero-order valence-electron chi connectivity index (χ0n) is 13.0. The number of benzene rings is 2. The number of ether oxygens (including phenoxy) is 1. The van der Waals surface area contributed by atoms with E-state index < -0.39 is 0 Å². The first-order valence-electron chi connectivity index (χ1n) is 7.27. The van der Waals surface area contributed by atoms with E-state index in [1.807, 2.05) is 67.3 Å². The first-order chi connectivity index (χ1) is 10.6. The molecule has 0 aliphatic rings. The van der Waals surface area contributed by atoms with Gasteiger partial charge in [-0.1, -0.05) is 34.1 Å². The second-order valence-electron chi connectivity index (χ2n) is 5.05. The van der Waals surface area contributed by atoms with Gasteiger partial charge in [0.25, 0.3) is 5.91 Å². The monoisotopic (exact) mass is 361 g/mol. The minimum atomic E-state index is -0.0217. The van der Waals surface area contributed by atoms with Gasteiger partial charge in [0.1, 0.15) is 5.75 Å². The molecule has 22 heavy (non-hydrogen) atoms. The molecule has 0 aromatic heterocycles. The van der Waals surface area contributed by atoms with Crippen molar-refractivity contribution in [1.29, 1.82) is 0 Å². The molecule has 1 unspecified atom stereocenters. The van der Waals surface area contributed by atoms with Gasteiger partial charge in [-0.15, -0.1) is 0 Å². The summed E-state index contributed by atoms with van der Waals surface area (Å²) in [6.07, 6.45) is 0. The number of methoxy groups -OCH3 is 1. The largest absolute Gasteiger partial charge is 0.497 e.